The van der Waals surface area contributed by atoms with E-state index in [1.165, 1.54) is 6.92 Å². The van der Waals surface area contributed by atoms with Crippen molar-refractivity contribution in [3.8, 4) is 0 Å². The van der Waals surface area contributed by atoms with Crippen LogP contribution in [0.5, 0.6) is 0 Å². The lowest BCUT2D eigenvalue weighted by molar-refractivity contribution is -0.162. The molecule has 2 N–H and O–H groups in total. The Morgan fingerprint density at radius 2 is 1.59 bits per heavy atom. The molecule has 9 heteroatoms. The fraction of sp³-hybridized carbons (Fsp3) is 0.800. The van der Waals surface area contributed by atoms with Crippen LogP contribution >= 0.6 is 11.8 Å². The number of esters is 1. The van der Waals surface area contributed by atoms with Crippen LogP contribution in [0.2, 0.25) is 0 Å². The van der Waals surface area contributed by atoms with Gasteiger partial charge in [-0.05, 0) is 47.0 Å². The molecule has 0 heterocycles. The van der Waals surface area contributed by atoms with E-state index in [0.29, 0.717) is 18.7 Å². The molecule has 0 aromatic carbocycles. The number of thioether (sulfide) groups is 1. The highest BCUT2D eigenvalue weighted by molar-refractivity contribution is 8.13. The van der Waals surface area contributed by atoms with Crippen LogP contribution in [0.4, 0.5) is 4.79 Å². The monoisotopic (exact) mass is 432 g/mol. The Morgan fingerprint density at radius 3 is 2.07 bits per heavy atom. The van der Waals surface area contributed by atoms with Crippen molar-refractivity contribution >= 4 is 34.8 Å². The molecule has 0 saturated heterocycles. The van der Waals surface area contributed by atoms with E-state index in [4.69, 9.17) is 9.47 Å². The second-order valence-electron chi connectivity index (χ2n) is 8.91. The predicted molar refractivity (Wildman–Crippen MR) is 114 cm³/mol. The Bertz CT molecular complexity index is 584. The minimum Gasteiger partial charge on any atom is -0.453 e. The number of ether oxygens (including phenoxy) is 2. The van der Waals surface area contributed by atoms with Gasteiger partial charge < -0.3 is 20.1 Å². The van der Waals surface area contributed by atoms with E-state index >= 15 is 0 Å². The molecule has 0 saturated carbocycles. The molecule has 29 heavy (non-hydrogen) atoms. The second-order valence-corrected chi connectivity index (χ2v) is 10.0. The van der Waals surface area contributed by atoms with Crippen LogP contribution in [0.15, 0.2) is 0 Å². The third kappa shape index (κ3) is 13.1. The molecule has 1 unspecified atom stereocenters. The van der Waals surface area contributed by atoms with Gasteiger partial charge in [0.05, 0.1) is 5.41 Å². The van der Waals surface area contributed by atoms with Gasteiger partial charge in [-0.1, -0.05) is 25.6 Å². The molecule has 0 aromatic rings. The molecule has 0 radical (unpaired) electrons. The molecule has 0 aliphatic carbocycles. The summed E-state index contributed by atoms with van der Waals surface area (Å²) in [7, 11) is 0. The molecule has 0 rings (SSSR count). The number of carbonyl (C=O) groups is 4. The van der Waals surface area contributed by atoms with Crippen molar-refractivity contribution in [1.29, 1.82) is 0 Å². The molecule has 0 spiro atoms. The average Bonchev–Trinajstić information content (AvgIpc) is 2.54. The number of carbonyl (C=O) groups excluding carboxylic acids is 4. The summed E-state index contributed by atoms with van der Waals surface area (Å²) in [4.78, 5) is 47.9. The summed E-state index contributed by atoms with van der Waals surface area (Å²) in [6.07, 6.45) is -1.11. The Labute approximate surface area is 178 Å². The maximum Gasteiger partial charge on any atom is 0.407 e. The van der Waals surface area contributed by atoms with Crippen molar-refractivity contribution in [2.45, 2.75) is 73.5 Å². The highest BCUT2D eigenvalue weighted by Crippen LogP contribution is 2.22. The van der Waals surface area contributed by atoms with E-state index in [0.717, 1.165) is 11.8 Å². The summed E-state index contributed by atoms with van der Waals surface area (Å²) in [6.45, 7) is 14.2. The maximum atomic E-state index is 12.6. The topological polar surface area (TPSA) is 111 Å². The van der Waals surface area contributed by atoms with Crippen LogP contribution in [0, 0.1) is 11.3 Å². The quantitative estimate of drug-likeness (QED) is 0.403. The van der Waals surface area contributed by atoms with E-state index in [1.54, 1.807) is 34.6 Å². The maximum absolute atomic E-state index is 12.6. The van der Waals surface area contributed by atoms with Crippen molar-refractivity contribution in [3.05, 3.63) is 0 Å². The van der Waals surface area contributed by atoms with Gasteiger partial charge in [0.2, 0.25) is 11.0 Å². The molecule has 1 atom stereocenters. The molecule has 8 nitrogen and oxygen atoms in total. The Kier molecular flexibility index (Phi) is 11.3. The van der Waals surface area contributed by atoms with Crippen molar-refractivity contribution < 1.29 is 28.7 Å². The van der Waals surface area contributed by atoms with E-state index in [1.807, 2.05) is 13.8 Å². The lowest BCUT2D eigenvalue weighted by Gasteiger charge is -2.27. The molecule has 168 valence electrons. The van der Waals surface area contributed by atoms with Crippen LogP contribution in [-0.4, -0.2) is 53.6 Å². The first kappa shape index (κ1) is 27.2. The van der Waals surface area contributed by atoms with Crippen LogP contribution in [-0.2, 0) is 23.9 Å². The number of hydrogen-bond donors (Lipinski definition) is 2. The Hall–Kier alpha value is -1.77. The van der Waals surface area contributed by atoms with Gasteiger partial charge in [-0.2, -0.15) is 0 Å². The standard InChI is InChI=1S/C20H36N2O6S/c1-13(2)11-15(16(24)29-10-9-21-14(3)23)27-17(25)20(7,8)12-22-18(26)28-19(4,5)6/h13,15H,9-12H2,1-8H3,(H,21,23)(H,22,26). The fourth-order valence-electron chi connectivity index (χ4n) is 2.06. The molecule has 0 fully saturated rings. The summed E-state index contributed by atoms with van der Waals surface area (Å²) < 4.78 is 10.7. The van der Waals surface area contributed by atoms with Gasteiger partial charge in [0, 0.05) is 25.8 Å². The average molecular weight is 433 g/mol. The number of nitrogens with one attached hydrogen (secondary N) is 2. The van der Waals surface area contributed by atoms with E-state index in [9.17, 15) is 19.2 Å². The lowest BCUT2D eigenvalue weighted by atomic mass is 9.93. The summed E-state index contributed by atoms with van der Waals surface area (Å²) in [5.74, 6) is -0.193. The number of rotatable bonds is 10. The first-order valence-electron chi connectivity index (χ1n) is 9.73. The van der Waals surface area contributed by atoms with Gasteiger partial charge >= 0.3 is 12.1 Å². The zero-order valence-electron chi connectivity index (χ0n) is 18.8. The Balaban J connectivity index is 4.82. The molecule has 2 amide bonds. The molecule has 0 bridgehead atoms. The minimum absolute atomic E-state index is 0.0129. The number of amides is 2. The van der Waals surface area contributed by atoms with E-state index in [-0.39, 0.29) is 23.5 Å². The largest absolute Gasteiger partial charge is 0.453 e. The van der Waals surface area contributed by atoms with Crippen molar-refractivity contribution in [1.82, 2.24) is 10.6 Å². The number of hydrogen-bond acceptors (Lipinski definition) is 7. The van der Waals surface area contributed by atoms with Crippen LogP contribution in [0.1, 0.15) is 61.8 Å². The van der Waals surface area contributed by atoms with Crippen LogP contribution < -0.4 is 10.6 Å². The van der Waals surface area contributed by atoms with Crippen molar-refractivity contribution in [2.24, 2.45) is 11.3 Å². The second kappa shape index (κ2) is 12.0. The first-order chi connectivity index (χ1) is 13.1. The van der Waals surface area contributed by atoms with Crippen molar-refractivity contribution in [3.63, 3.8) is 0 Å². The highest BCUT2D eigenvalue weighted by Gasteiger charge is 2.34. The zero-order valence-corrected chi connectivity index (χ0v) is 19.7. The van der Waals surface area contributed by atoms with Gasteiger partial charge in [0.25, 0.3) is 0 Å². The van der Waals surface area contributed by atoms with Gasteiger partial charge in [0.1, 0.15) is 5.60 Å². The smallest absolute Gasteiger partial charge is 0.407 e. The zero-order chi connectivity index (χ0) is 22.8. The summed E-state index contributed by atoms with van der Waals surface area (Å²) in [5, 5.41) is 4.92. The molecule has 0 aromatic heterocycles. The summed E-state index contributed by atoms with van der Waals surface area (Å²) in [5.41, 5.74) is -1.68. The van der Waals surface area contributed by atoms with E-state index < -0.39 is 29.2 Å². The van der Waals surface area contributed by atoms with Crippen LogP contribution in [0.3, 0.4) is 0 Å². The predicted octanol–water partition coefficient (Wildman–Crippen LogP) is 2.89. The SMILES string of the molecule is CC(=O)NCCSC(=O)C(CC(C)C)OC(=O)C(C)(C)CNC(=O)OC(C)(C)C. The Morgan fingerprint density at radius 1 is 1.00 bits per heavy atom. The highest BCUT2D eigenvalue weighted by atomic mass is 32.2. The lowest BCUT2D eigenvalue weighted by Crippen LogP contribution is -2.43. The van der Waals surface area contributed by atoms with Gasteiger partial charge in [-0.25, -0.2) is 4.79 Å². The van der Waals surface area contributed by atoms with Gasteiger partial charge in [0.15, 0.2) is 6.10 Å². The molecule has 0 aliphatic rings. The normalized spacial score (nSPS) is 12.9. The third-order valence-electron chi connectivity index (χ3n) is 3.54. The molecule has 0 aliphatic heterocycles. The first-order valence-corrected chi connectivity index (χ1v) is 10.7. The van der Waals surface area contributed by atoms with Gasteiger partial charge in [-0.15, -0.1) is 0 Å². The van der Waals surface area contributed by atoms with Crippen molar-refractivity contribution in [2.75, 3.05) is 18.8 Å². The molecular formula is C20H36N2O6S. The van der Waals surface area contributed by atoms with Crippen LogP contribution in [0.25, 0.3) is 0 Å². The summed E-state index contributed by atoms with van der Waals surface area (Å²) >= 11 is 1.03. The third-order valence-corrected chi connectivity index (χ3v) is 4.50. The minimum atomic E-state index is -1.03. The summed E-state index contributed by atoms with van der Waals surface area (Å²) in [6, 6.07) is 0. The molecular weight excluding hydrogens is 396 g/mol. The van der Waals surface area contributed by atoms with Gasteiger partial charge in [-0.3, -0.25) is 14.4 Å². The number of alkyl carbamates (subject to hydrolysis) is 1. The fourth-order valence-corrected chi connectivity index (χ4v) is 2.80. The van der Waals surface area contributed by atoms with E-state index in [2.05, 4.69) is 10.6 Å².